The number of hydrogen-bond donors (Lipinski definition) is 1. The topological polar surface area (TPSA) is 106 Å². The Kier molecular flexibility index (Phi) is 5.54. The van der Waals surface area contributed by atoms with Crippen LogP contribution in [0.1, 0.15) is 24.2 Å². The van der Waals surface area contributed by atoms with Gasteiger partial charge in [-0.1, -0.05) is 25.4 Å². The Labute approximate surface area is 130 Å². The Bertz CT molecular complexity index is 688. The lowest BCUT2D eigenvalue weighted by Gasteiger charge is -2.09. The van der Waals surface area contributed by atoms with Crippen LogP contribution >= 0.6 is 22.3 Å². The van der Waals surface area contributed by atoms with Gasteiger partial charge in [-0.15, -0.1) is 0 Å². The van der Waals surface area contributed by atoms with E-state index in [1.807, 2.05) is 13.8 Å². The van der Waals surface area contributed by atoms with E-state index in [9.17, 15) is 23.3 Å². The molecule has 1 aromatic carbocycles. The second-order valence-corrected chi connectivity index (χ2v) is 7.52. The molecule has 1 N–H and O–H groups in total. The van der Waals surface area contributed by atoms with E-state index in [1.54, 1.807) is 0 Å². The zero-order valence-electron chi connectivity index (χ0n) is 11.1. The normalized spacial score (nSPS) is 11.5. The predicted molar refractivity (Wildman–Crippen MR) is 78.3 cm³/mol. The van der Waals surface area contributed by atoms with Crippen LogP contribution in [0.3, 0.4) is 0 Å². The third-order valence-corrected chi connectivity index (χ3v) is 4.27. The Hall–Kier alpha value is -1.38. The lowest BCUT2D eigenvalue weighted by molar-refractivity contribution is -0.384. The monoisotopic (exact) mass is 354 g/mol. The number of carbonyl (C=O) groups excluding carboxylic acids is 1. The standard InChI is InChI=1S/C11H12Cl2N2O5S/c1-6(2)5-14-11(16)7-3-8(15(17)18)10(12)9(4-7)21(13,19)20/h3-4,6H,5H2,1-2H3,(H,14,16). The summed E-state index contributed by atoms with van der Waals surface area (Å²) in [6, 6.07) is 1.82. The maximum Gasteiger partial charge on any atom is 0.290 e. The second-order valence-electron chi connectivity index (χ2n) is 4.61. The number of nitro benzene ring substituents is 1. The number of amides is 1. The molecular formula is C11H12Cl2N2O5S. The first-order chi connectivity index (χ1) is 9.54. The van der Waals surface area contributed by atoms with Crippen molar-refractivity contribution < 1.29 is 18.1 Å². The molecule has 0 aromatic heterocycles. The van der Waals surface area contributed by atoms with Gasteiger partial charge in [0.1, 0.15) is 9.92 Å². The molecule has 0 bridgehead atoms. The van der Waals surface area contributed by atoms with Gasteiger partial charge in [0.25, 0.3) is 20.6 Å². The molecule has 0 aliphatic heterocycles. The predicted octanol–water partition coefficient (Wildman–Crippen LogP) is 2.56. The molecule has 116 valence electrons. The zero-order valence-corrected chi connectivity index (χ0v) is 13.4. The lowest BCUT2D eigenvalue weighted by atomic mass is 10.1. The van der Waals surface area contributed by atoms with Crippen molar-refractivity contribution in [1.82, 2.24) is 5.32 Å². The van der Waals surface area contributed by atoms with Crippen molar-refractivity contribution in [3.63, 3.8) is 0 Å². The fraction of sp³-hybridized carbons (Fsp3) is 0.364. The summed E-state index contributed by atoms with van der Waals surface area (Å²) >= 11 is 5.66. The summed E-state index contributed by atoms with van der Waals surface area (Å²) in [7, 11) is 0.857. The van der Waals surface area contributed by atoms with Crippen molar-refractivity contribution in [2.24, 2.45) is 5.92 Å². The first kappa shape index (κ1) is 17.7. The average Bonchev–Trinajstić information content (AvgIpc) is 2.34. The van der Waals surface area contributed by atoms with Gasteiger partial charge in [-0.25, -0.2) is 8.42 Å². The fourth-order valence-electron chi connectivity index (χ4n) is 1.42. The molecular weight excluding hydrogens is 343 g/mol. The summed E-state index contributed by atoms with van der Waals surface area (Å²) in [4.78, 5) is 21.2. The zero-order chi connectivity index (χ0) is 16.4. The van der Waals surface area contributed by atoms with Crippen LogP contribution in [0, 0.1) is 16.0 Å². The molecule has 7 nitrogen and oxygen atoms in total. The van der Waals surface area contributed by atoms with Gasteiger partial charge in [0.15, 0.2) is 0 Å². The summed E-state index contributed by atoms with van der Waals surface area (Å²) in [6.07, 6.45) is 0. The first-order valence-electron chi connectivity index (χ1n) is 5.74. The number of hydrogen-bond acceptors (Lipinski definition) is 5. The van der Waals surface area contributed by atoms with E-state index in [0.717, 1.165) is 12.1 Å². The minimum absolute atomic E-state index is 0.160. The van der Waals surface area contributed by atoms with E-state index in [2.05, 4.69) is 5.32 Å². The number of halogens is 2. The fourth-order valence-corrected chi connectivity index (χ4v) is 2.98. The summed E-state index contributed by atoms with van der Waals surface area (Å²) in [5.74, 6) is -0.488. The highest BCUT2D eigenvalue weighted by Crippen LogP contribution is 2.34. The van der Waals surface area contributed by atoms with Gasteiger partial charge in [0, 0.05) is 28.9 Å². The molecule has 0 atom stereocenters. The SMILES string of the molecule is CC(C)CNC(=O)c1cc([N+](=O)[O-])c(Cl)c(S(=O)(=O)Cl)c1. The van der Waals surface area contributed by atoms with Crippen LogP contribution in [0.5, 0.6) is 0 Å². The van der Waals surface area contributed by atoms with Crippen LogP contribution in [0.15, 0.2) is 17.0 Å². The van der Waals surface area contributed by atoms with Crippen LogP contribution < -0.4 is 5.32 Å². The third-order valence-electron chi connectivity index (χ3n) is 2.41. The summed E-state index contributed by atoms with van der Waals surface area (Å²) in [5, 5.41) is 12.8. The van der Waals surface area contributed by atoms with Crippen molar-refractivity contribution in [2.45, 2.75) is 18.7 Å². The quantitative estimate of drug-likeness (QED) is 0.496. The van der Waals surface area contributed by atoms with Crippen LogP contribution in [0.25, 0.3) is 0 Å². The molecule has 10 heteroatoms. The number of carbonyl (C=O) groups is 1. The van der Waals surface area contributed by atoms with Crippen molar-refractivity contribution in [3.8, 4) is 0 Å². The second kappa shape index (κ2) is 6.59. The van der Waals surface area contributed by atoms with Crippen molar-refractivity contribution in [3.05, 3.63) is 32.8 Å². The molecule has 0 unspecified atom stereocenters. The Morgan fingerprint density at radius 3 is 2.43 bits per heavy atom. The molecule has 0 saturated carbocycles. The molecule has 21 heavy (non-hydrogen) atoms. The number of nitrogens with zero attached hydrogens (tertiary/aromatic N) is 1. The lowest BCUT2D eigenvalue weighted by Crippen LogP contribution is -2.27. The molecule has 0 heterocycles. The highest BCUT2D eigenvalue weighted by atomic mass is 35.7. The van der Waals surface area contributed by atoms with Crippen molar-refractivity contribution in [1.29, 1.82) is 0 Å². The molecule has 0 radical (unpaired) electrons. The molecule has 0 spiro atoms. The van der Waals surface area contributed by atoms with Gasteiger partial charge in [0.2, 0.25) is 0 Å². The molecule has 0 aliphatic carbocycles. The summed E-state index contributed by atoms with van der Waals surface area (Å²) in [5.41, 5.74) is -0.904. The van der Waals surface area contributed by atoms with E-state index in [1.165, 1.54) is 0 Å². The number of nitrogens with one attached hydrogen (secondary N) is 1. The number of benzene rings is 1. The van der Waals surface area contributed by atoms with Gasteiger partial charge in [-0.05, 0) is 12.0 Å². The Morgan fingerprint density at radius 2 is 2.00 bits per heavy atom. The number of rotatable bonds is 5. The maximum atomic E-state index is 11.9. The first-order valence-corrected chi connectivity index (χ1v) is 8.43. The summed E-state index contributed by atoms with van der Waals surface area (Å²) in [6.45, 7) is 4.05. The maximum absolute atomic E-state index is 11.9. The van der Waals surface area contributed by atoms with E-state index >= 15 is 0 Å². The Morgan fingerprint density at radius 1 is 1.43 bits per heavy atom. The van der Waals surface area contributed by atoms with Crippen LogP contribution in [-0.2, 0) is 9.05 Å². The van der Waals surface area contributed by atoms with Crippen LogP contribution in [0.4, 0.5) is 5.69 Å². The van der Waals surface area contributed by atoms with E-state index in [0.29, 0.717) is 6.54 Å². The third kappa shape index (κ3) is 4.55. The number of nitro groups is 1. The average molecular weight is 355 g/mol. The molecule has 0 aliphatic rings. The minimum Gasteiger partial charge on any atom is -0.352 e. The van der Waals surface area contributed by atoms with Crippen LogP contribution in [0.2, 0.25) is 5.02 Å². The van der Waals surface area contributed by atoms with Gasteiger partial charge >= 0.3 is 0 Å². The Balaban J connectivity index is 3.38. The van der Waals surface area contributed by atoms with Gasteiger partial charge in [0.05, 0.1) is 4.92 Å². The highest BCUT2D eigenvalue weighted by Gasteiger charge is 2.26. The van der Waals surface area contributed by atoms with E-state index < -0.39 is 35.5 Å². The minimum atomic E-state index is -4.32. The molecule has 1 aromatic rings. The molecule has 0 saturated heterocycles. The smallest absolute Gasteiger partial charge is 0.290 e. The molecule has 1 amide bonds. The van der Waals surface area contributed by atoms with Gasteiger partial charge in [-0.3, -0.25) is 14.9 Å². The van der Waals surface area contributed by atoms with Gasteiger partial charge < -0.3 is 5.32 Å². The van der Waals surface area contributed by atoms with Gasteiger partial charge in [-0.2, -0.15) is 0 Å². The summed E-state index contributed by atoms with van der Waals surface area (Å²) < 4.78 is 22.8. The molecule has 0 fully saturated rings. The molecule has 1 rings (SSSR count). The van der Waals surface area contributed by atoms with E-state index in [-0.39, 0.29) is 11.5 Å². The van der Waals surface area contributed by atoms with E-state index in [4.69, 9.17) is 22.3 Å². The largest absolute Gasteiger partial charge is 0.352 e. The highest BCUT2D eigenvalue weighted by molar-refractivity contribution is 8.13. The van der Waals surface area contributed by atoms with Crippen molar-refractivity contribution in [2.75, 3.05) is 6.54 Å². The van der Waals surface area contributed by atoms with Crippen LogP contribution in [-0.4, -0.2) is 25.8 Å². The van der Waals surface area contributed by atoms with Crippen molar-refractivity contribution >= 4 is 42.9 Å².